The smallest absolute Gasteiger partial charge is 0.263 e. The van der Waals surface area contributed by atoms with Gasteiger partial charge in [0.1, 0.15) is 6.67 Å². The van der Waals surface area contributed by atoms with Crippen LogP contribution >= 0.6 is 11.3 Å². The van der Waals surface area contributed by atoms with Gasteiger partial charge in [0, 0.05) is 29.9 Å². The lowest BCUT2D eigenvalue weighted by Gasteiger charge is -2.38. The van der Waals surface area contributed by atoms with Crippen molar-refractivity contribution in [2.24, 2.45) is 12.0 Å². The maximum atomic E-state index is 13.7. The molecule has 1 saturated carbocycles. The number of fused-ring (bicyclic) bond motifs is 3. The molecule has 182 valence electrons. The highest BCUT2D eigenvalue weighted by molar-refractivity contribution is 7.89. The number of aryl methyl sites for hydroxylation is 1. The molecule has 13 heteroatoms. The van der Waals surface area contributed by atoms with Crippen LogP contribution in [-0.4, -0.2) is 58.7 Å². The molecule has 2 aliphatic heterocycles. The number of guanidine groups is 1. The van der Waals surface area contributed by atoms with Crippen LogP contribution in [0.1, 0.15) is 39.7 Å². The van der Waals surface area contributed by atoms with Gasteiger partial charge in [-0.3, -0.25) is 19.4 Å². The summed E-state index contributed by atoms with van der Waals surface area (Å²) in [6.07, 6.45) is 6.19. The molecular formula is C22H22FN7O3S2. The number of nitrogens with one attached hydrogen (secondary N) is 1. The minimum Gasteiger partial charge on any atom is -0.301 e. The van der Waals surface area contributed by atoms with E-state index in [1.807, 2.05) is 11.1 Å². The summed E-state index contributed by atoms with van der Waals surface area (Å²) in [5.74, 6) is 0.153. The summed E-state index contributed by atoms with van der Waals surface area (Å²) < 4.78 is 43.6. The second-order valence-corrected chi connectivity index (χ2v) is 11.6. The van der Waals surface area contributed by atoms with Crippen molar-refractivity contribution in [1.82, 2.24) is 24.4 Å². The molecule has 10 nitrogen and oxygen atoms in total. The topological polar surface area (TPSA) is 113 Å². The van der Waals surface area contributed by atoms with E-state index in [1.54, 1.807) is 40.6 Å². The molecule has 0 saturated heterocycles. The number of rotatable bonds is 7. The Bertz CT molecular complexity index is 1450. The lowest BCUT2D eigenvalue weighted by molar-refractivity contribution is 0.0832. The second kappa shape index (κ2) is 7.93. The van der Waals surface area contributed by atoms with Crippen molar-refractivity contribution in [3.05, 3.63) is 58.3 Å². The Hall–Kier alpha value is -3.16. The number of sulfonamides is 1. The highest BCUT2D eigenvalue weighted by Crippen LogP contribution is 2.42. The first-order valence-electron chi connectivity index (χ1n) is 11.1. The van der Waals surface area contributed by atoms with E-state index in [2.05, 4.69) is 14.8 Å². The Morgan fingerprint density at radius 2 is 2.11 bits per heavy atom. The van der Waals surface area contributed by atoms with E-state index in [0.717, 1.165) is 10.4 Å². The van der Waals surface area contributed by atoms with Crippen LogP contribution in [0.5, 0.6) is 0 Å². The Balaban J connectivity index is 1.43. The fourth-order valence-electron chi connectivity index (χ4n) is 4.50. The lowest BCUT2D eigenvalue weighted by Crippen LogP contribution is -2.50. The van der Waals surface area contributed by atoms with Crippen LogP contribution in [0.4, 0.5) is 10.1 Å². The molecule has 2 aromatic heterocycles. The number of aliphatic imine (C=N–C) groups is 1. The van der Waals surface area contributed by atoms with Crippen LogP contribution < -0.4 is 9.62 Å². The van der Waals surface area contributed by atoms with Gasteiger partial charge < -0.3 is 4.90 Å². The van der Waals surface area contributed by atoms with E-state index in [1.165, 1.54) is 23.5 Å². The van der Waals surface area contributed by atoms with Gasteiger partial charge in [0.25, 0.3) is 5.91 Å². The summed E-state index contributed by atoms with van der Waals surface area (Å²) in [7, 11) is -2.21. The Morgan fingerprint density at radius 3 is 2.77 bits per heavy atom. The molecule has 0 unspecified atom stereocenters. The zero-order valence-electron chi connectivity index (χ0n) is 18.8. The van der Waals surface area contributed by atoms with Gasteiger partial charge >= 0.3 is 0 Å². The summed E-state index contributed by atoms with van der Waals surface area (Å²) in [5.41, 5.74) is 2.36. The summed E-state index contributed by atoms with van der Waals surface area (Å²) in [6.45, 7) is -0.0927. The van der Waals surface area contributed by atoms with Crippen molar-refractivity contribution < 1.29 is 17.6 Å². The molecule has 0 spiro atoms. The Kier molecular flexibility index (Phi) is 5.06. The van der Waals surface area contributed by atoms with E-state index in [0.29, 0.717) is 31.0 Å². The molecule has 0 radical (unpaired) electrons. The minimum absolute atomic E-state index is 0.0698. The third-order valence-electron chi connectivity index (χ3n) is 6.53. The number of nitrogens with zero attached hydrogens (tertiary/aromatic N) is 6. The monoisotopic (exact) mass is 515 g/mol. The Morgan fingerprint density at radius 1 is 1.29 bits per heavy atom. The van der Waals surface area contributed by atoms with Crippen LogP contribution in [0.25, 0.3) is 0 Å². The number of anilines is 1. The third-order valence-corrected chi connectivity index (χ3v) is 8.98. The molecule has 0 bridgehead atoms. The molecule has 3 aromatic rings. The maximum absolute atomic E-state index is 13.7. The van der Waals surface area contributed by atoms with Crippen LogP contribution in [0.2, 0.25) is 0 Å². The molecule has 4 heterocycles. The van der Waals surface area contributed by atoms with Gasteiger partial charge in [0.2, 0.25) is 16.0 Å². The number of hydrogen-bond acceptors (Lipinski definition) is 8. The van der Waals surface area contributed by atoms with Gasteiger partial charge in [-0.05, 0) is 31.0 Å². The Labute approximate surface area is 205 Å². The minimum atomic E-state index is -4.01. The summed E-state index contributed by atoms with van der Waals surface area (Å²) in [4.78, 5) is 27.0. The van der Waals surface area contributed by atoms with Crippen molar-refractivity contribution in [1.29, 1.82) is 0 Å². The predicted molar refractivity (Wildman–Crippen MR) is 127 cm³/mol. The van der Waals surface area contributed by atoms with Gasteiger partial charge in [-0.15, -0.1) is 11.3 Å². The number of thiazole rings is 1. The van der Waals surface area contributed by atoms with Crippen LogP contribution in [0.15, 0.2) is 52.2 Å². The first-order valence-corrected chi connectivity index (χ1v) is 13.4. The fourth-order valence-corrected chi connectivity index (χ4v) is 6.67. The molecule has 1 aliphatic carbocycles. The highest BCUT2D eigenvalue weighted by Gasteiger charge is 2.47. The average molecular weight is 516 g/mol. The maximum Gasteiger partial charge on any atom is 0.263 e. The second-order valence-electron chi connectivity index (χ2n) is 9.04. The molecule has 1 aromatic carbocycles. The van der Waals surface area contributed by atoms with Crippen LogP contribution in [0.3, 0.4) is 0 Å². The standard InChI is InChI=1S/C22H22FN7O3S2/c1-28-10-14(7-26-28)11-29-20(31)16-6-15(35(32,33)27-22(12-23)4-5-22)2-3-17(16)30-18(8-25-21(29)30)19-9-24-13-34-19/h2-3,6-7,9-10,13,18,27H,4-5,8,11-12H2,1H3/t18-/m0/s1. The molecule has 1 fully saturated rings. The van der Waals surface area contributed by atoms with Crippen molar-refractivity contribution in [3.8, 4) is 0 Å². The number of aromatic nitrogens is 3. The third kappa shape index (κ3) is 3.74. The number of carbonyl (C=O) groups is 1. The van der Waals surface area contributed by atoms with Gasteiger partial charge in [-0.2, -0.15) is 5.10 Å². The number of benzene rings is 1. The number of carbonyl (C=O) groups excluding carboxylic acids is 1. The zero-order chi connectivity index (χ0) is 24.4. The molecule has 1 amide bonds. The average Bonchev–Trinajstić information content (AvgIpc) is 3.23. The number of amides is 1. The molecule has 1 atom stereocenters. The van der Waals surface area contributed by atoms with E-state index in [9.17, 15) is 17.6 Å². The summed E-state index contributed by atoms with van der Waals surface area (Å²) >= 11 is 1.50. The fraction of sp³-hybridized carbons (Fsp3) is 0.364. The number of hydrogen-bond donors (Lipinski definition) is 1. The highest BCUT2D eigenvalue weighted by atomic mass is 32.2. The van der Waals surface area contributed by atoms with Gasteiger partial charge in [-0.25, -0.2) is 22.5 Å². The number of halogens is 1. The van der Waals surface area contributed by atoms with Gasteiger partial charge in [0.15, 0.2) is 0 Å². The zero-order valence-corrected chi connectivity index (χ0v) is 20.4. The van der Waals surface area contributed by atoms with E-state index >= 15 is 0 Å². The molecule has 1 N–H and O–H groups in total. The van der Waals surface area contributed by atoms with Gasteiger partial charge in [0.05, 0.1) is 52.5 Å². The van der Waals surface area contributed by atoms with Crippen molar-refractivity contribution >= 4 is 38.9 Å². The summed E-state index contributed by atoms with van der Waals surface area (Å²) in [5, 5.41) is 4.19. The first-order chi connectivity index (χ1) is 16.8. The molecular weight excluding hydrogens is 493 g/mol. The number of alkyl halides is 1. The van der Waals surface area contributed by atoms with Crippen LogP contribution in [0, 0.1) is 0 Å². The predicted octanol–water partition coefficient (Wildman–Crippen LogP) is 2.23. The van der Waals surface area contributed by atoms with E-state index in [-0.39, 0.29) is 29.0 Å². The first kappa shape index (κ1) is 22.3. The largest absolute Gasteiger partial charge is 0.301 e. The molecule has 6 rings (SSSR count). The van der Waals surface area contributed by atoms with Crippen LogP contribution in [-0.2, 0) is 23.6 Å². The molecule has 3 aliphatic rings. The van der Waals surface area contributed by atoms with Crippen molar-refractivity contribution in [2.75, 3.05) is 18.1 Å². The van der Waals surface area contributed by atoms with Crippen molar-refractivity contribution in [3.63, 3.8) is 0 Å². The SMILES string of the molecule is Cn1cc(CN2C(=O)c3cc(S(=O)(=O)NC4(CF)CC4)ccc3N3C2=NC[C@H]3c2cncs2)cn1. The lowest BCUT2D eigenvalue weighted by atomic mass is 10.1. The normalized spacial score (nSPS) is 20.6. The van der Waals surface area contributed by atoms with Crippen molar-refractivity contribution in [2.45, 2.75) is 35.9 Å². The summed E-state index contributed by atoms with van der Waals surface area (Å²) in [6, 6.07) is 4.30. The van der Waals surface area contributed by atoms with Gasteiger partial charge in [-0.1, -0.05) is 0 Å². The quantitative estimate of drug-likeness (QED) is 0.516. The van der Waals surface area contributed by atoms with E-state index in [4.69, 9.17) is 4.99 Å². The molecule has 35 heavy (non-hydrogen) atoms. The van der Waals surface area contributed by atoms with E-state index < -0.39 is 22.2 Å².